The van der Waals surface area contributed by atoms with Gasteiger partial charge in [-0.05, 0) is 89.9 Å². The van der Waals surface area contributed by atoms with E-state index in [0.29, 0.717) is 19.3 Å². The van der Waals surface area contributed by atoms with E-state index in [4.69, 9.17) is 14.2 Å². The van der Waals surface area contributed by atoms with Crippen molar-refractivity contribution < 1.29 is 28.6 Å². The quantitative estimate of drug-likeness (QED) is 0.0261. The van der Waals surface area contributed by atoms with Crippen LogP contribution in [0.3, 0.4) is 0 Å². The highest BCUT2D eigenvalue weighted by Crippen LogP contribution is 2.15. The van der Waals surface area contributed by atoms with Crippen molar-refractivity contribution in [3.63, 3.8) is 0 Å². The summed E-state index contributed by atoms with van der Waals surface area (Å²) in [7, 11) is 0. The smallest absolute Gasteiger partial charge is 0.306 e. The van der Waals surface area contributed by atoms with Gasteiger partial charge >= 0.3 is 17.9 Å². The Morgan fingerprint density at radius 3 is 0.847 bits per heavy atom. The Bertz CT molecular complexity index is 1470. The van der Waals surface area contributed by atoms with E-state index < -0.39 is 6.10 Å². The van der Waals surface area contributed by atoms with Gasteiger partial charge in [0.25, 0.3) is 0 Å². The van der Waals surface area contributed by atoms with Crippen LogP contribution in [-0.4, -0.2) is 37.2 Å². The molecule has 0 aromatic carbocycles. The molecule has 1 atom stereocenters. The lowest BCUT2D eigenvalue weighted by molar-refractivity contribution is -0.167. The van der Waals surface area contributed by atoms with Gasteiger partial charge in [-0.1, -0.05) is 271 Å². The van der Waals surface area contributed by atoms with Crippen molar-refractivity contribution in [2.45, 2.75) is 277 Å². The molecule has 0 aliphatic heterocycles. The number of allylic oxidation sites excluding steroid dienone is 18. The number of unbranched alkanes of at least 4 members (excludes halogenated alkanes) is 24. The summed E-state index contributed by atoms with van der Waals surface area (Å²) in [5, 5.41) is 0. The molecular formula is C66H110O6. The van der Waals surface area contributed by atoms with Crippen LogP contribution in [-0.2, 0) is 28.6 Å². The van der Waals surface area contributed by atoms with Crippen molar-refractivity contribution in [1.29, 1.82) is 0 Å². The summed E-state index contributed by atoms with van der Waals surface area (Å²) in [6, 6.07) is 0. The van der Waals surface area contributed by atoms with E-state index >= 15 is 0 Å². The molecular weight excluding hydrogens is 889 g/mol. The van der Waals surface area contributed by atoms with Crippen LogP contribution >= 0.6 is 0 Å². The van der Waals surface area contributed by atoms with E-state index in [9.17, 15) is 14.4 Å². The Morgan fingerprint density at radius 1 is 0.292 bits per heavy atom. The molecule has 410 valence electrons. The predicted molar refractivity (Wildman–Crippen MR) is 311 cm³/mol. The first-order valence-corrected chi connectivity index (χ1v) is 29.9. The zero-order chi connectivity index (χ0) is 52.2. The monoisotopic (exact) mass is 999 g/mol. The Morgan fingerprint density at radius 2 is 0.542 bits per heavy atom. The maximum Gasteiger partial charge on any atom is 0.306 e. The van der Waals surface area contributed by atoms with Crippen LogP contribution in [0.1, 0.15) is 271 Å². The van der Waals surface area contributed by atoms with E-state index in [1.807, 2.05) is 0 Å². The topological polar surface area (TPSA) is 78.9 Å². The summed E-state index contributed by atoms with van der Waals surface area (Å²) in [4.78, 5) is 37.9. The van der Waals surface area contributed by atoms with Gasteiger partial charge < -0.3 is 14.2 Å². The number of hydrogen-bond donors (Lipinski definition) is 0. The molecule has 0 amide bonds. The summed E-state index contributed by atoms with van der Waals surface area (Å²) >= 11 is 0. The molecule has 6 nitrogen and oxygen atoms in total. The summed E-state index contributed by atoms with van der Waals surface area (Å²) in [5.74, 6) is -0.924. The third kappa shape index (κ3) is 57.0. The summed E-state index contributed by atoms with van der Waals surface area (Å²) < 4.78 is 16.8. The average molecular weight is 1000 g/mol. The van der Waals surface area contributed by atoms with E-state index in [1.165, 1.54) is 109 Å². The van der Waals surface area contributed by atoms with Crippen molar-refractivity contribution in [3.05, 3.63) is 109 Å². The minimum Gasteiger partial charge on any atom is -0.462 e. The molecule has 0 aromatic heterocycles. The van der Waals surface area contributed by atoms with Crippen molar-refractivity contribution >= 4 is 17.9 Å². The van der Waals surface area contributed by atoms with Crippen LogP contribution < -0.4 is 0 Å². The fourth-order valence-electron chi connectivity index (χ4n) is 8.08. The number of carbonyl (C=O) groups is 3. The largest absolute Gasteiger partial charge is 0.462 e. The highest BCUT2D eigenvalue weighted by molar-refractivity contribution is 5.71. The molecule has 0 spiro atoms. The van der Waals surface area contributed by atoms with Gasteiger partial charge in [0, 0.05) is 19.3 Å². The second-order valence-electron chi connectivity index (χ2n) is 19.5. The number of ether oxygens (including phenoxy) is 3. The molecule has 1 unspecified atom stereocenters. The van der Waals surface area contributed by atoms with E-state index in [0.717, 1.165) is 122 Å². The van der Waals surface area contributed by atoms with Crippen LogP contribution in [0.4, 0.5) is 0 Å². The predicted octanol–water partition coefficient (Wildman–Crippen LogP) is 20.3. The second kappa shape index (κ2) is 59.6. The van der Waals surface area contributed by atoms with E-state index in [1.54, 1.807) is 0 Å². The highest BCUT2D eigenvalue weighted by atomic mass is 16.6. The zero-order valence-electron chi connectivity index (χ0n) is 46.9. The number of hydrogen-bond acceptors (Lipinski definition) is 6. The molecule has 0 rings (SSSR count). The third-order valence-corrected chi connectivity index (χ3v) is 12.5. The van der Waals surface area contributed by atoms with Gasteiger partial charge in [0.05, 0.1) is 0 Å². The van der Waals surface area contributed by atoms with E-state index in [2.05, 4.69) is 130 Å². The van der Waals surface area contributed by atoms with Gasteiger partial charge in [-0.15, -0.1) is 0 Å². The first-order valence-electron chi connectivity index (χ1n) is 29.9. The molecule has 0 radical (unpaired) electrons. The lowest BCUT2D eigenvalue weighted by Crippen LogP contribution is -2.30. The molecule has 0 fully saturated rings. The second-order valence-corrected chi connectivity index (χ2v) is 19.5. The molecule has 0 saturated carbocycles. The Kier molecular flexibility index (Phi) is 56.4. The molecule has 0 aliphatic carbocycles. The van der Waals surface area contributed by atoms with Gasteiger partial charge in [0.1, 0.15) is 13.2 Å². The molecule has 0 aromatic rings. The normalized spacial score (nSPS) is 12.9. The maximum atomic E-state index is 12.8. The molecule has 72 heavy (non-hydrogen) atoms. The van der Waals surface area contributed by atoms with Gasteiger partial charge in [-0.3, -0.25) is 14.4 Å². The van der Waals surface area contributed by atoms with Crippen LogP contribution in [0.15, 0.2) is 109 Å². The molecule has 0 N–H and O–H groups in total. The van der Waals surface area contributed by atoms with Gasteiger partial charge in [-0.2, -0.15) is 0 Å². The number of esters is 3. The first kappa shape index (κ1) is 68.1. The number of rotatable bonds is 53. The van der Waals surface area contributed by atoms with Crippen LogP contribution in [0.25, 0.3) is 0 Å². The van der Waals surface area contributed by atoms with E-state index in [-0.39, 0.29) is 31.1 Å². The lowest BCUT2D eigenvalue weighted by Gasteiger charge is -2.18. The fraction of sp³-hybridized carbons (Fsp3) is 0.682. The van der Waals surface area contributed by atoms with Gasteiger partial charge in [0.15, 0.2) is 6.10 Å². The fourth-order valence-corrected chi connectivity index (χ4v) is 8.08. The minimum absolute atomic E-state index is 0.0867. The van der Waals surface area contributed by atoms with Crippen LogP contribution in [0.5, 0.6) is 0 Å². The summed E-state index contributed by atoms with van der Waals surface area (Å²) in [5.41, 5.74) is 0. The van der Waals surface area contributed by atoms with Gasteiger partial charge in [-0.25, -0.2) is 0 Å². The Labute approximate surface area is 444 Å². The summed E-state index contributed by atoms with van der Waals surface area (Å²) in [6.45, 7) is 6.46. The average Bonchev–Trinajstić information content (AvgIpc) is 3.38. The standard InChI is InChI=1S/C66H110O6/c1-4-7-10-13-16-18-20-22-24-26-27-28-29-30-31-32-33-34-35-36-37-38-39-40-42-43-45-47-50-53-56-59-65(68)71-62-63(61-70-64(67)58-55-52-49-15-12-9-6-3)72-66(69)60-57-54-51-48-46-44-41-25-23-21-19-17-14-11-8-5-2/h7,10,16,18,22,24,27-28,30-31,33-34,36-37,39-40,43,45,63H,4-6,8-9,11-15,17,19-21,23,25-26,29,32,35,38,41-42,44,46-62H2,1-3H3/b10-7-,18-16-,24-22-,28-27-,31-30-,34-33-,37-36-,40-39-,45-43-. The van der Waals surface area contributed by atoms with Gasteiger partial charge in [0.2, 0.25) is 0 Å². The van der Waals surface area contributed by atoms with Crippen molar-refractivity contribution in [1.82, 2.24) is 0 Å². The van der Waals surface area contributed by atoms with Crippen molar-refractivity contribution in [3.8, 4) is 0 Å². The summed E-state index contributed by atoms with van der Waals surface area (Å²) in [6.07, 6.45) is 81.1. The first-order chi connectivity index (χ1) is 35.5. The molecule has 0 bridgehead atoms. The van der Waals surface area contributed by atoms with Crippen LogP contribution in [0.2, 0.25) is 0 Å². The Hall–Kier alpha value is -3.93. The van der Waals surface area contributed by atoms with Crippen molar-refractivity contribution in [2.75, 3.05) is 13.2 Å². The molecule has 0 heterocycles. The zero-order valence-corrected chi connectivity index (χ0v) is 46.9. The molecule has 0 saturated heterocycles. The molecule has 0 aliphatic rings. The Balaban J connectivity index is 4.23. The van der Waals surface area contributed by atoms with Crippen LogP contribution in [0, 0.1) is 0 Å². The maximum absolute atomic E-state index is 12.8. The van der Waals surface area contributed by atoms with Crippen molar-refractivity contribution in [2.24, 2.45) is 0 Å². The minimum atomic E-state index is -0.788. The number of carbonyl (C=O) groups excluding carboxylic acids is 3. The molecule has 6 heteroatoms. The highest BCUT2D eigenvalue weighted by Gasteiger charge is 2.19. The SMILES string of the molecule is CC/C=C\C/C=C\C/C=C\C/C=C\C/C=C\C/C=C\C/C=C\C/C=C\C/C=C\CCCCCC(=O)OCC(COC(=O)CCCCCCCCC)OC(=O)CCCCCCCCCCCCCCCCCC. The third-order valence-electron chi connectivity index (χ3n) is 12.5. The lowest BCUT2D eigenvalue weighted by atomic mass is 10.0.